The number of carbonyl (C=O) groups is 1. The Labute approximate surface area is 122 Å². The molecule has 0 saturated carbocycles. The summed E-state index contributed by atoms with van der Waals surface area (Å²) in [4.78, 5) is 11.8. The number of cyclic esters (lactones) is 1. The molecule has 0 radical (unpaired) electrons. The molecule has 2 saturated heterocycles. The second-order valence-corrected chi connectivity index (χ2v) is 12.4. The maximum absolute atomic E-state index is 11.8. The molecule has 3 atom stereocenters. The van der Waals surface area contributed by atoms with Crippen molar-refractivity contribution in [2.75, 3.05) is 6.61 Å². The van der Waals surface area contributed by atoms with E-state index < -0.39 is 20.2 Å². The fraction of sp³-hybridized carbons (Fsp3) is 0.929. The zero-order valence-corrected chi connectivity index (χ0v) is 14.5. The lowest BCUT2D eigenvalue weighted by molar-refractivity contribution is -0.188. The molecule has 0 aliphatic carbocycles. The number of esters is 1. The fourth-order valence-electron chi connectivity index (χ4n) is 2.16. The molecule has 0 aromatic rings. The third-order valence-electron chi connectivity index (χ3n) is 4.41. The van der Waals surface area contributed by atoms with Crippen molar-refractivity contribution < 1.29 is 23.4 Å². The van der Waals surface area contributed by atoms with Gasteiger partial charge in [0.2, 0.25) is 0 Å². The van der Waals surface area contributed by atoms with Gasteiger partial charge in [0.25, 0.3) is 0 Å². The molecule has 0 spiro atoms. The quantitative estimate of drug-likeness (QED) is 0.592. The normalized spacial score (nSPS) is 33.1. The van der Waals surface area contributed by atoms with Crippen LogP contribution < -0.4 is 0 Å². The molecule has 0 amide bonds. The summed E-state index contributed by atoms with van der Waals surface area (Å²) < 4.78 is 22.8. The molecular weight excluding hydrogens is 276 g/mol. The molecule has 116 valence electrons. The topological polar surface area (TPSA) is 54.0 Å². The highest BCUT2D eigenvalue weighted by molar-refractivity contribution is 6.74. The van der Waals surface area contributed by atoms with Gasteiger partial charge in [-0.25, -0.2) is 4.79 Å². The van der Waals surface area contributed by atoms with Gasteiger partial charge in [-0.1, -0.05) is 20.8 Å². The number of hydrogen-bond acceptors (Lipinski definition) is 5. The van der Waals surface area contributed by atoms with Gasteiger partial charge in [0, 0.05) is 0 Å². The summed E-state index contributed by atoms with van der Waals surface area (Å²) in [6.45, 7) is 14.9. The summed E-state index contributed by atoms with van der Waals surface area (Å²) in [6.07, 6.45) is -1.34. The highest BCUT2D eigenvalue weighted by Gasteiger charge is 2.56. The Hall–Kier alpha value is -0.433. The third kappa shape index (κ3) is 2.93. The molecule has 20 heavy (non-hydrogen) atoms. The van der Waals surface area contributed by atoms with Crippen molar-refractivity contribution in [2.45, 2.75) is 76.8 Å². The number of hydrogen-bond donors (Lipinski definition) is 0. The molecule has 0 aromatic carbocycles. The van der Waals surface area contributed by atoms with E-state index in [1.807, 2.05) is 13.8 Å². The molecule has 2 rings (SSSR count). The fourth-order valence-corrected chi connectivity index (χ4v) is 3.18. The van der Waals surface area contributed by atoms with E-state index >= 15 is 0 Å². The number of fused-ring (bicyclic) bond motifs is 1. The van der Waals surface area contributed by atoms with Gasteiger partial charge in [0.1, 0.15) is 6.10 Å². The van der Waals surface area contributed by atoms with Crippen molar-refractivity contribution in [2.24, 2.45) is 0 Å². The summed E-state index contributed by atoms with van der Waals surface area (Å²) in [5.74, 6) is -1.08. The zero-order chi connectivity index (χ0) is 15.3. The molecule has 5 nitrogen and oxygen atoms in total. The predicted molar refractivity (Wildman–Crippen MR) is 76.9 cm³/mol. The van der Waals surface area contributed by atoms with Crippen LogP contribution in [0.15, 0.2) is 0 Å². The van der Waals surface area contributed by atoms with Crippen LogP contribution in [-0.2, 0) is 23.4 Å². The Morgan fingerprint density at radius 1 is 1.25 bits per heavy atom. The van der Waals surface area contributed by atoms with E-state index in [2.05, 4.69) is 33.9 Å². The summed E-state index contributed by atoms with van der Waals surface area (Å²) in [7, 11) is -1.86. The standard InChI is InChI=1S/C14H26O5Si/c1-13(2,3)20(6,7)16-8-9-10-11(12(15)17-9)19-14(4,5)18-10/h9-11H,8H2,1-7H3. The second kappa shape index (κ2) is 4.80. The van der Waals surface area contributed by atoms with Gasteiger partial charge in [0.15, 0.2) is 26.3 Å². The van der Waals surface area contributed by atoms with Crippen molar-refractivity contribution in [3.05, 3.63) is 0 Å². The van der Waals surface area contributed by atoms with Crippen LogP contribution in [0.3, 0.4) is 0 Å². The van der Waals surface area contributed by atoms with Gasteiger partial charge in [0.05, 0.1) is 6.61 Å². The van der Waals surface area contributed by atoms with Crippen LogP contribution in [0.1, 0.15) is 34.6 Å². The minimum atomic E-state index is -1.86. The van der Waals surface area contributed by atoms with E-state index in [1.165, 1.54) is 0 Å². The lowest BCUT2D eigenvalue weighted by Gasteiger charge is -2.37. The van der Waals surface area contributed by atoms with E-state index in [-0.39, 0.29) is 23.2 Å². The van der Waals surface area contributed by atoms with Gasteiger partial charge >= 0.3 is 5.97 Å². The highest BCUT2D eigenvalue weighted by atomic mass is 28.4. The Morgan fingerprint density at radius 3 is 2.40 bits per heavy atom. The summed E-state index contributed by atoms with van der Waals surface area (Å²) in [5, 5.41) is 0.126. The van der Waals surface area contributed by atoms with Gasteiger partial charge in [-0.15, -0.1) is 0 Å². The summed E-state index contributed by atoms with van der Waals surface area (Å²) in [5.41, 5.74) is 0. The molecule has 2 heterocycles. The summed E-state index contributed by atoms with van der Waals surface area (Å²) >= 11 is 0. The van der Waals surface area contributed by atoms with Crippen LogP contribution in [0.4, 0.5) is 0 Å². The van der Waals surface area contributed by atoms with E-state index in [9.17, 15) is 4.79 Å². The molecule has 0 N–H and O–H groups in total. The first-order chi connectivity index (χ1) is 8.93. The zero-order valence-electron chi connectivity index (χ0n) is 13.5. The van der Waals surface area contributed by atoms with Crippen molar-refractivity contribution in [3.63, 3.8) is 0 Å². The molecular formula is C14H26O5Si. The second-order valence-electron chi connectivity index (χ2n) is 7.57. The van der Waals surface area contributed by atoms with E-state index in [1.54, 1.807) is 0 Å². The average Bonchev–Trinajstić information content (AvgIpc) is 2.70. The van der Waals surface area contributed by atoms with Gasteiger partial charge in [-0.3, -0.25) is 0 Å². The minimum Gasteiger partial charge on any atom is -0.455 e. The van der Waals surface area contributed by atoms with Crippen LogP contribution in [0, 0.1) is 0 Å². The maximum atomic E-state index is 11.8. The lowest BCUT2D eigenvalue weighted by atomic mass is 10.1. The van der Waals surface area contributed by atoms with Gasteiger partial charge in [-0.05, 0) is 32.0 Å². The monoisotopic (exact) mass is 302 g/mol. The number of ether oxygens (including phenoxy) is 3. The number of rotatable bonds is 3. The van der Waals surface area contributed by atoms with Crippen molar-refractivity contribution in [3.8, 4) is 0 Å². The Kier molecular flexibility index (Phi) is 3.82. The van der Waals surface area contributed by atoms with Crippen LogP contribution in [0.5, 0.6) is 0 Å². The highest BCUT2D eigenvalue weighted by Crippen LogP contribution is 2.39. The molecule has 6 heteroatoms. The molecule has 2 aliphatic heterocycles. The van der Waals surface area contributed by atoms with Crippen molar-refractivity contribution in [1.82, 2.24) is 0 Å². The Bertz CT molecular complexity index is 399. The van der Waals surface area contributed by atoms with Crippen molar-refractivity contribution >= 4 is 14.3 Å². The molecule has 2 fully saturated rings. The molecule has 3 unspecified atom stereocenters. The van der Waals surface area contributed by atoms with Crippen molar-refractivity contribution in [1.29, 1.82) is 0 Å². The summed E-state index contributed by atoms with van der Waals surface area (Å²) in [6, 6.07) is 0. The first-order valence-corrected chi connectivity index (χ1v) is 10.0. The first kappa shape index (κ1) is 15.9. The van der Waals surface area contributed by atoms with E-state index in [4.69, 9.17) is 18.6 Å². The molecule has 0 bridgehead atoms. The maximum Gasteiger partial charge on any atom is 0.338 e. The average molecular weight is 302 g/mol. The SMILES string of the molecule is CC1(C)OC2C(=O)OC(CO[Si](C)(C)C(C)(C)C)C2O1. The smallest absolute Gasteiger partial charge is 0.338 e. The van der Waals surface area contributed by atoms with Gasteiger partial charge in [-0.2, -0.15) is 0 Å². The van der Waals surface area contributed by atoms with Crippen LogP contribution >= 0.6 is 0 Å². The molecule has 2 aliphatic rings. The van der Waals surface area contributed by atoms with E-state index in [0.717, 1.165) is 0 Å². The third-order valence-corrected chi connectivity index (χ3v) is 8.91. The Balaban J connectivity index is 2.00. The lowest BCUT2D eigenvalue weighted by Crippen LogP contribution is -2.44. The van der Waals surface area contributed by atoms with Crippen LogP contribution in [0.25, 0.3) is 0 Å². The Morgan fingerprint density at radius 2 is 1.85 bits per heavy atom. The minimum absolute atomic E-state index is 0.126. The largest absolute Gasteiger partial charge is 0.455 e. The number of carbonyl (C=O) groups excluding carboxylic acids is 1. The van der Waals surface area contributed by atoms with Crippen LogP contribution in [0.2, 0.25) is 18.1 Å². The first-order valence-electron chi connectivity index (χ1n) is 7.13. The predicted octanol–water partition coefficient (Wildman–Crippen LogP) is 2.45. The van der Waals surface area contributed by atoms with Crippen LogP contribution in [-0.4, -0.2) is 45.0 Å². The van der Waals surface area contributed by atoms with E-state index in [0.29, 0.717) is 6.61 Å². The molecule has 0 aromatic heterocycles. The van der Waals surface area contributed by atoms with Gasteiger partial charge < -0.3 is 18.6 Å².